The van der Waals surface area contributed by atoms with Gasteiger partial charge in [-0.2, -0.15) is 0 Å². The summed E-state index contributed by atoms with van der Waals surface area (Å²) >= 11 is 0. The molecule has 0 saturated heterocycles. The molecule has 0 radical (unpaired) electrons. The van der Waals surface area contributed by atoms with E-state index in [9.17, 15) is 0 Å². The number of methoxy groups -OCH3 is 2. The van der Waals surface area contributed by atoms with Gasteiger partial charge in [-0.15, -0.1) is 12.3 Å². The third kappa shape index (κ3) is 3.11. The molecule has 5 nitrogen and oxygen atoms in total. The van der Waals surface area contributed by atoms with E-state index in [1.54, 1.807) is 14.2 Å². The molecular weight excluding hydrogens is 206 g/mol. The first-order valence-corrected chi connectivity index (χ1v) is 4.89. The number of nitrogens with one attached hydrogen (secondary N) is 1. The Morgan fingerprint density at radius 1 is 1.31 bits per heavy atom. The van der Waals surface area contributed by atoms with Crippen molar-refractivity contribution in [3.63, 3.8) is 0 Å². The summed E-state index contributed by atoms with van der Waals surface area (Å²) in [5.74, 6) is 3.58. The lowest BCUT2D eigenvalue weighted by molar-refractivity contribution is 0.359. The van der Waals surface area contributed by atoms with Gasteiger partial charge in [0.25, 0.3) is 0 Å². The van der Waals surface area contributed by atoms with Gasteiger partial charge in [0.15, 0.2) is 0 Å². The molecule has 0 saturated carbocycles. The van der Waals surface area contributed by atoms with Crippen LogP contribution in [0.4, 0.5) is 0 Å². The molecule has 86 valence electrons. The van der Waals surface area contributed by atoms with E-state index in [2.05, 4.69) is 21.2 Å². The maximum atomic E-state index is 5.16. The normalized spacial score (nSPS) is 9.56. The molecule has 1 aromatic heterocycles. The van der Waals surface area contributed by atoms with Crippen LogP contribution in [0.3, 0.4) is 0 Å². The van der Waals surface area contributed by atoms with E-state index in [-0.39, 0.29) is 0 Å². The molecule has 5 heteroatoms. The van der Waals surface area contributed by atoms with E-state index in [1.165, 1.54) is 6.33 Å². The summed E-state index contributed by atoms with van der Waals surface area (Å²) in [5.41, 5.74) is 0.796. The highest BCUT2D eigenvalue weighted by Gasteiger charge is 2.11. The average Bonchev–Trinajstić information content (AvgIpc) is 2.34. The zero-order chi connectivity index (χ0) is 11.8. The molecule has 0 atom stereocenters. The lowest BCUT2D eigenvalue weighted by Gasteiger charge is -2.10. The second-order valence-corrected chi connectivity index (χ2v) is 3.00. The monoisotopic (exact) mass is 221 g/mol. The van der Waals surface area contributed by atoms with Crippen molar-refractivity contribution in [1.82, 2.24) is 15.3 Å². The van der Waals surface area contributed by atoms with Crippen LogP contribution in [-0.4, -0.2) is 30.7 Å². The molecule has 1 aromatic rings. The van der Waals surface area contributed by atoms with E-state index in [1.807, 2.05) is 0 Å². The molecule has 1 N–H and O–H groups in total. The fourth-order valence-electron chi connectivity index (χ4n) is 1.26. The van der Waals surface area contributed by atoms with Crippen molar-refractivity contribution >= 4 is 0 Å². The Kier molecular flexibility index (Phi) is 5.09. The minimum atomic E-state index is 0.514. The predicted octanol–water partition coefficient (Wildman–Crippen LogP) is 0.607. The fraction of sp³-hybridized carbons (Fsp3) is 0.455. The number of hydrogen-bond acceptors (Lipinski definition) is 5. The molecule has 1 heterocycles. The minimum absolute atomic E-state index is 0.514. The summed E-state index contributed by atoms with van der Waals surface area (Å²) in [6, 6.07) is 0. The SMILES string of the molecule is C#CCCNCc1c(OC)ncnc1OC. The summed E-state index contributed by atoms with van der Waals surface area (Å²) in [6.45, 7) is 1.30. The van der Waals surface area contributed by atoms with Crippen molar-refractivity contribution in [2.75, 3.05) is 20.8 Å². The van der Waals surface area contributed by atoms with Crippen molar-refractivity contribution < 1.29 is 9.47 Å². The largest absolute Gasteiger partial charge is 0.481 e. The van der Waals surface area contributed by atoms with Gasteiger partial charge >= 0.3 is 0 Å². The Labute approximate surface area is 95.2 Å². The van der Waals surface area contributed by atoms with Crippen molar-refractivity contribution in [2.24, 2.45) is 0 Å². The topological polar surface area (TPSA) is 56.3 Å². The van der Waals surface area contributed by atoms with Gasteiger partial charge in [-0.1, -0.05) is 0 Å². The van der Waals surface area contributed by atoms with Gasteiger partial charge in [0, 0.05) is 19.5 Å². The molecule has 0 aromatic carbocycles. The van der Waals surface area contributed by atoms with Crippen LogP contribution in [0, 0.1) is 12.3 Å². The Hall–Kier alpha value is -1.80. The molecule has 1 rings (SSSR count). The highest BCUT2D eigenvalue weighted by molar-refractivity contribution is 5.34. The third-order valence-corrected chi connectivity index (χ3v) is 2.00. The van der Waals surface area contributed by atoms with E-state index in [0.717, 1.165) is 12.1 Å². The smallest absolute Gasteiger partial charge is 0.224 e. The van der Waals surface area contributed by atoms with Crippen molar-refractivity contribution in [3.8, 4) is 24.1 Å². The van der Waals surface area contributed by atoms with Crippen LogP contribution in [-0.2, 0) is 6.54 Å². The first kappa shape index (κ1) is 12.3. The second-order valence-electron chi connectivity index (χ2n) is 3.00. The fourth-order valence-corrected chi connectivity index (χ4v) is 1.26. The van der Waals surface area contributed by atoms with Crippen LogP contribution in [0.2, 0.25) is 0 Å². The molecule has 0 aliphatic heterocycles. The van der Waals surface area contributed by atoms with E-state index < -0.39 is 0 Å². The molecule has 0 unspecified atom stereocenters. The first-order chi connectivity index (χ1) is 7.83. The number of ether oxygens (including phenoxy) is 2. The van der Waals surface area contributed by atoms with E-state index >= 15 is 0 Å². The molecular formula is C11H15N3O2. The predicted molar refractivity (Wildman–Crippen MR) is 60.3 cm³/mol. The zero-order valence-corrected chi connectivity index (χ0v) is 9.49. The quantitative estimate of drug-likeness (QED) is 0.563. The Bertz CT molecular complexity index is 352. The van der Waals surface area contributed by atoms with Gasteiger partial charge in [-0.25, -0.2) is 9.97 Å². The zero-order valence-electron chi connectivity index (χ0n) is 9.49. The molecule has 0 aliphatic carbocycles. The summed E-state index contributed by atoms with van der Waals surface area (Å²) in [5, 5.41) is 3.17. The molecule has 0 bridgehead atoms. The number of nitrogens with zero attached hydrogens (tertiary/aromatic N) is 2. The molecule has 0 amide bonds. The summed E-state index contributed by atoms with van der Waals surface area (Å²) in [7, 11) is 3.12. The van der Waals surface area contributed by atoms with E-state index in [0.29, 0.717) is 24.7 Å². The number of terminal acetylenes is 1. The second kappa shape index (κ2) is 6.64. The van der Waals surface area contributed by atoms with Crippen LogP contribution in [0.1, 0.15) is 12.0 Å². The minimum Gasteiger partial charge on any atom is -0.481 e. The Morgan fingerprint density at radius 3 is 2.44 bits per heavy atom. The van der Waals surface area contributed by atoms with Crippen molar-refractivity contribution in [1.29, 1.82) is 0 Å². The molecule has 0 spiro atoms. The molecule has 16 heavy (non-hydrogen) atoms. The van der Waals surface area contributed by atoms with Gasteiger partial charge in [-0.05, 0) is 0 Å². The standard InChI is InChI=1S/C11H15N3O2/c1-4-5-6-12-7-9-10(15-2)13-8-14-11(9)16-3/h1,8,12H,5-7H2,2-3H3. The Balaban J connectivity index is 2.71. The van der Waals surface area contributed by atoms with Gasteiger partial charge in [0.05, 0.1) is 19.8 Å². The summed E-state index contributed by atoms with van der Waals surface area (Å²) in [6.07, 6.45) is 7.24. The van der Waals surface area contributed by atoms with Crippen LogP contribution in [0.25, 0.3) is 0 Å². The highest BCUT2D eigenvalue weighted by Crippen LogP contribution is 2.22. The maximum Gasteiger partial charge on any atom is 0.224 e. The van der Waals surface area contributed by atoms with Crippen LogP contribution in [0.5, 0.6) is 11.8 Å². The first-order valence-electron chi connectivity index (χ1n) is 4.89. The number of aromatic nitrogens is 2. The molecule has 0 aliphatic rings. The number of rotatable bonds is 6. The number of hydrogen-bond donors (Lipinski definition) is 1. The third-order valence-electron chi connectivity index (χ3n) is 2.00. The lowest BCUT2D eigenvalue weighted by Crippen LogP contribution is -2.16. The van der Waals surface area contributed by atoms with Gasteiger partial charge < -0.3 is 14.8 Å². The van der Waals surface area contributed by atoms with Crippen LogP contribution in [0.15, 0.2) is 6.33 Å². The van der Waals surface area contributed by atoms with Crippen molar-refractivity contribution in [3.05, 3.63) is 11.9 Å². The lowest BCUT2D eigenvalue weighted by atomic mass is 10.3. The summed E-state index contributed by atoms with van der Waals surface area (Å²) in [4.78, 5) is 8.02. The van der Waals surface area contributed by atoms with Crippen molar-refractivity contribution in [2.45, 2.75) is 13.0 Å². The maximum absolute atomic E-state index is 5.16. The molecule has 0 fully saturated rings. The van der Waals surface area contributed by atoms with Gasteiger partial charge in [-0.3, -0.25) is 0 Å². The van der Waals surface area contributed by atoms with Gasteiger partial charge in [0.1, 0.15) is 6.33 Å². The van der Waals surface area contributed by atoms with Gasteiger partial charge in [0.2, 0.25) is 11.8 Å². The summed E-state index contributed by atoms with van der Waals surface area (Å²) < 4.78 is 10.3. The average molecular weight is 221 g/mol. The van der Waals surface area contributed by atoms with E-state index in [4.69, 9.17) is 15.9 Å². The van der Waals surface area contributed by atoms with Crippen LogP contribution < -0.4 is 14.8 Å². The Morgan fingerprint density at radius 2 is 1.94 bits per heavy atom. The highest BCUT2D eigenvalue weighted by atomic mass is 16.5. The van der Waals surface area contributed by atoms with Crippen LogP contribution >= 0.6 is 0 Å².